The monoisotopic (exact) mass is 407 g/mol. The molecule has 8 heteroatoms. The maximum absolute atomic E-state index is 12.2. The second kappa shape index (κ2) is 9.59. The maximum atomic E-state index is 12.2. The van der Waals surface area contributed by atoms with E-state index in [2.05, 4.69) is 10.5 Å². The van der Waals surface area contributed by atoms with Gasteiger partial charge in [0.25, 0.3) is 0 Å². The number of halogens is 1. The van der Waals surface area contributed by atoms with Crippen LogP contribution in [0.3, 0.4) is 0 Å². The lowest BCUT2D eigenvalue weighted by molar-refractivity contribution is -0.130. The van der Waals surface area contributed by atoms with Crippen LogP contribution in [-0.2, 0) is 21.4 Å². The van der Waals surface area contributed by atoms with Crippen molar-refractivity contribution in [1.82, 2.24) is 10.1 Å². The summed E-state index contributed by atoms with van der Waals surface area (Å²) in [5.74, 6) is 0.904. The number of rotatable bonds is 7. The van der Waals surface area contributed by atoms with E-state index >= 15 is 0 Å². The van der Waals surface area contributed by atoms with Crippen molar-refractivity contribution in [2.45, 2.75) is 39.0 Å². The zero-order valence-corrected chi connectivity index (χ0v) is 17.4. The Labute approximate surface area is 170 Å². The molecule has 0 aliphatic rings. The summed E-state index contributed by atoms with van der Waals surface area (Å²) in [6.07, 6.45) is 0.249. The highest BCUT2D eigenvalue weighted by atomic mass is 35.5. The van der Waals surface area contributed by atoms with Crippen molar-refractivity contribution in [3.05, 3.63) is 46.7 Å². The van der Waals surface area contributed by atoms with E-state index in [0.717, 1.165) is 5.56 Å². The van der Waals surface area contributed by atoms with Gasteiger partial charge in [0.15, 0.2) is 5.82 Å². The van der Waals surface area contributed by atoms with Gasteiger partial charge in [-0.05, 0) is 18.1 Å². The lowest BCUT2D eigenvalue weighted by atomic mass is 9.93. The molecule has 1 heterocycles. The molecule has 0 saturated carbocycles. The largest absolute Gasteiger partial charge is 0.447 e. The van der Waals surface area contributed by atoms with Gasteiger partial charge in [-0.25, -0.2) is 4.79 Å². The highest BCUT2D eigenvalue weighted by Gasteiger charge is 2.20. The van der Waals surface area contributed by atoms with E-state index in [4.69, 9.17) is 20.9 Å². The number of carbonyl (C=O) groups is 2. The average molecular weight is 408 g/mol. The third-order valence-corrected chi connectivity index (χ3v) is 4.50. The SMILES string of the molecule is CN(CCOC(=O)Nc1cc(C(C)(C)C)on1)C(=O)CCc1ccccc1Cl. The molecule has 1 aromatic carbocycles. The first-order chi connectivity index (χ1) is 13.2. The van der Waals surface area contributed by atoms with Gasteiger partial charge in [-0.1, -0.05) is 55.7 Å². The van der Waals surface area contributed by atoms with E-state index in [0.29, 0.717) is 36.0 Å². The topological polar surface area (TPSA) is 84.7 Å². The van der Waals surface area contributed by atoms with E-state index in [9.17, 15) is 9.59 Å². The quantitative estimate of drug-likeness (QED) is 0.741. The Morgan fingerprint density at radius 2 is 2.00 bits per heavy atom. The summed E-state index contributed by atoms with van der Waals surface area (Å²) >= 11 is 6.10. The lowest BCUT2D eigenvalue weighted by Gasteiger charge is -2.17. The molecule has 0 aliphatic heterocycles. The highest BCUT2D eigenvalue weighted by molar-refractivity contribution is 6.31. The van der Waals surface area contributed by atoms with Crippen molar-refractivity contribution in [2.24, 2.45) is 0 Å². The minimum Gasteiger partial charge on any atom is -0.447 e. The molecule has 0 fully saturated rings. The molecule has 0 bridgehead atoms. The van der Waals surface area contributed by atoms with E-state index in [-0.39, 0.29) is 17.9 Å². The summed E-state index contributed by atoms with van der Waals surface area (Å²) in [7, 11) is 1.67. The molecule has 2 aromatic rings. The van der Waals surface area contributed by atoms with Crippen molar-refractivity contribution in [1.29, 1.82) is 0 Å². The molecule has 1 aromatic heterocycles. The van der Waals surface area contributed by atoms with Crippen LogP contribution in [0, 0.1) is 0 Å². The molecule has 2 rings (SSSR count). The number of ether oxygens (including phenoxy) is 1. The zero-order valence-electron chi connectivity index (χ0n) is 16.6. The van der Waals surface area contributed by atoms with Crippen LogP contribution in [0.4, 0.5) is 10.6 Å². The molecule has 0 saturated heterocycles. The fraction of sp³-hybridized carbons (Fsp3) is 0.450. The van der Waals surface area contributed by atoms with Crippen molar-refractivity contribution in [2.75, 3.05) is 25.5 Å². The standard InChI is InChI=1S/C20H26ClN3O4/c1-20(2,3)16-13-17(23-28-16)22-19(26)27-12-11-24(4)18(25)10-9-14-7-5-6-8-15(14)21/h5-8,13H,9-12H2,1-4H3,(H,22,23,26). The first-order valence-corrected chi connectivity index (χ1v) is 9.43. The molecular weight excluding hydrogens is 382 g/mol. The lowest BCUT2D eigenvalue weighted by Crippen LogP contribution is -2.31. The number of carbonyl (C=O) groups excluding carboxylic acids is 2. The van der Waals surface area contributed by atoms with Gasteiger partial charge in [-0.15, -0.1) is 0 Å². The number of aromatic nitrogens is 1. The number of amides is 2. The molecule has 0 spiro atoms. The van der Waals surface area contributed by atoms with E-state index in [1.165, 1.54) is 4.90 Å². The molecule has 1 N–H and O–H groups in total. The number of benzene rings is 1. The fourth-order valence-electron chi connectivity index (χ4n) is 2.36. The summed E-state index contributed by atoms with van der Waals surface area (Å²) < 4.78 is 10.3. The molecule has 0 unspecified atom stereocenters. The van der Waals surface area contributed by atoms with Crippen molar-refractivity contribution < 1.29 is 18.8 Å². The second-order valence-electron chi connectivity index (χ2n) is 7.49. The Morgan fingerprint density at radius 3 is 2.64 bits per heavy atom. The van der Waals surface area contributed by atoms with E-state index in [1.54, 1.807) is 19.2 Å². The summed E-state index contributed by atoms with van der Waals surface area (Å²) in [6, 6.07) is 9.10. The van der Waals surface area contributed by atoms with Gasteiger partial charge in [-0.3, -0.25) is 10.1 Å². The van der Waals surface area contributed by atoms with Crippen LogP contribution >= 0.6 is 11.6 Å². The molecule has 7 nitrogen and oxygen atoms in total. The van der Waals surface area contributed by atoms with Crippen LogP contribution < -0.4 is 5.32 Å². The van der Waals surface area contributed by atoms with E-state index < -0.39 is 6.09 Å². The van der Waals surface area contributed by atoms with Gasteiger partial charge in [0, 0.05) is 30.0 Å². The number of likely N-dealkylation sites (N-methyl/N-ethyl adjacent to an activating group) is 1. The van der Waals surface area contributed by atoms with Crippen LogP contribution in [0.1, 0.15) is 38.5 Å². The van der Waals surface area contributed by atoms with Crippen molar-refractivity contribution in [3.8, 4) is 0 Å². The van der Waals surface area contributed by atoms with Crippen LogP contribution in [0.15, 0.2) is 34.9 Å². The van der Waals surface area contributed by atoms with E-state index in [1.807, 2.05) is 39.0 Å². The molecule has 0 radical (unpaired) electrons. The van der Waals surface area contributed by atoms with Gasteiger partial charge in [-0.2, -0.15) is 0 Å². The average Bonchev–Trinajstić information content (AvgIpc) is 3.09. The Morgan fingerprint density at radius 1 is 1.29 bits per heavy atom. The van der Waals surface area contributed by atoms with Gasteiger partial charge < -0.3 is 14.2 Å². The normalized spacial score (nSPS) is 11.2. The first-order valence-electron chi connectivity index (χ1n) is 9.05. The molecular formula is C20H26ClN3O4. The number of nitrogens with one attached hydrogen (secondary N) is 1. The number of anilines is 1. The molecule has 152 valence electrons. The third-order valence-electron chi connectivity index (χ3n) is 4.13. The van der Waals surface area contributed by atoms with Crippen molar-refractivity contribution in [3.63, 3.8) is 0 Å². The molecule has 2 amide bonds. The highest BCUT2D eigenvalue weighted by Crippen LogP contribution is 2.24. The van der Waals surface area contributed by atoms with Crippen LogP contribution in [0.2, 0.25) is 5.02 Å². The molecule has 0 aliphatic carbocycles. The Hall–Kier alpha value is -2.54. The minimum atomic E-state index is -0.648. The second-order valence-corrected chi connectivity index (χ2v) is 7.90. The van der Waals surface area contributed by atoms with Gasteiger partial charge in [0.1, 0.15) is 12.4 Å². The summed E-state index contributed by atoms with van der Waals surface area (Å²) in [4.78, 5) is 25.6. The minimum absolute atomic E-state index is 0.0461. The smallest absolute Gasteiger partial charge is 0.412 e. The number of hydrogen-bond acceptors (Lipinski definition) is 5. The Bertz CT molecular complexity index is 814. The zero-order chi connectivity index (χ0) is 20.7. The summed E-state index contributed by atoms with van der Waals surface area (Å²) in [5, 5.41) is 6.95. The molecule has 0 atom stereocenters. The van der Waals surface area contributed by atoms with Crippen LogP contribution in [0.5, 0.6) is 0 Å². The van der Waals surface area contributed by atoms with Crippen LogP contribution in [0.25, 0.3) is 0 Å². The van der Waals surface area contributed by atoms with Gasteiger partial charge in [0.05, 0.1) is 6.54 Å². The predicted molar refractivity (Wildman–Crippen MR) is 108 cm³/mol. The first kappa shape index (κ1) is 21.8. The van der Waals surface area contributed by atoms with Crippen LogP contribution in [-0.4, -0.2) is 42.3 Å². The number of nitrogens with zero attached hydrogens (tertiary/aromatic N) is 2. The number of aryl methyl sites for hydroxylation is 1. The van der Waals surface area contributed by atoms with Crippen molar-refractivity contribution >= 4 is 29.4 Å². The Balaban J connectivity index is 1.70. The van der Waals surface area contributed by atoms with Gasteiger partial charge >= 0.3 is 6.09 Å². The Kier molecular flexibility index (Phi) is 7.45. The van der Waals surface area contributed by atoms with Gasteiger partial charge in [0.2, 0.25) is 5.91 Å². The number of hydrogen-bond donors (Lipinski definition) is 1. The fourth-order valence-corrected chi connectivity index (χ4v) is 2.59. The maximum Gasteiger partial charge on any atom is 0.412 e. The predicted octanol–water partition coefficient (Wildman–Crippen LogP) is 4.27. The summed E-state index contributed by atoms with van der Waals surface area (Å²) in [6.45, 7) is 6.31. The molecule has 28 heavy (non-hydrogen) atoms. The third kappa shape index (κ3) is 6.56. The summed E-state index contributed by atoms with van der Waals surface area (Å²) in [5.41, 5.74) is 0.730.